The molecule has 0 aliphatic carbocycles. The summed E-state index contributed by atoms with van der Waals surface area (Å²) in [6.07, 6.45) is 0.0424. The molecule has 0 unspecified atom stereocenters. The second-order valence-electron chi connectivity index (χ2n) is 5.68. The van der Waals surface area contributed by atoms with E-state index < -0.39 is 23.5 Å². The van der Waals surface area contributed by atoms with Crippen molar-refractivity contribution in [3.05, 3.63) is 64.7 Å². The van der Waals surface area contributed by atoms with Crippen LogP contribution in [0.15, 0.2) is 47.4 Å². The van der Waals surface area contributed by atoms with E-state index in [0.29, 0.717) is 15.7 Å². The monoisotopic (exact) mass is 413 g/mol. The minimum absolute atomic E-state index is 0.0424. The third-order valence-electron chi connectivity index (χ3n) is 3.56. The molecule has 1 atom stereocenters. The summed E-state index contributed by atoms with van der Waals surface area (Å²) in [5.74, 6) is -2.51. The average molecular weight is 414 g/mol. The number of carbonyl (C=O) groups is 2. The quantitative estimate of drug-likeness (QED) is 0.510. The average Bonchev–Trinajstić information content (AvgIpc) is 2.63. The summed E-state index contributed by atoms with van der Waals surface area (Å²) in [6, 6.07) is 10.3. The zero-order chi connectivity index (χ0) is 19.8. The van der Waals surface area contributed by atoms with Crippen molar-refractivity contribution < 1.29 is 23.1 Å². The fourth-order valence-electron chi connectivity index (χ4n) is 2.18. The molecule has 1 N–H and O–H groups in total. The molecule has 27 heavy (non-hydrogen) atoms. The van der Waals surface area contributed by atoms with Crippen molar-refractivity contribution in [3.8, 4) is 0 Å². The Morgan fingerprint density at radius 2 is 1.96 bits per heavy atom. The minimum atomic E-state index is -0.937. The van der Waals surface area contributed by atoms with Gasteiger partial charge in [0, 0.05) is 15.7 Å². The Hall–Kier alpha value is -2.12. The maximum atomic E-state index is 13.1. The fourth-order valence-corrected chi connectivity index (χ4v) is 3.23. The third-order valence-corrected chi connectivity index (χ3v) is 4.79. The molecular formula is C19H18ClF2NO3S. The highest BCUT2D eigenvalue weighted by atomic mass is 35.5. The molecule has 0 aromatic heterocycles. The Morgan fingerprint density at radius 3 is 2.67 bits per heavy atom. The molecule has 8 heteroatoms. The van der Waals surface area contributed by atoms with Crippen LogP contribution in [-0.2, 0) is 14.3 Å². The lowest BCUT2D eigenvalue weighted by Gasteiger charge is -2.14. The molecular weight excluding hydrogens is 396 g/mol. The molecule has 0 saturated carbocycles. The number of carbonyl (C=O) groups excluding carboxylic acids is 2. The summed E-state index contributed by atoms with van der Waals surface area (Å²) in [6.45, 7) is 1.41. The van der Waals surface area contributed by atoms with Gasteiger partial charge in [0.05, 0.1) is 12.5 Å². The van der Waals surface area contributed by atoms with Gasteiger partial charge < -0.3 is 10.1 Å². The highest BCUT2D eigenvalue weighted by Gasteiger charge is 2.12. The topological polar surface area (TPSA) is 55.4 Å². The Labute approximate surface area is 165 Å². The zero-order valence-corrected chi connectivity index (χ0v) is 16.1. The van der Waals surface area contributed by atoms with Crippen LogP contribution in [0.25, 0.3) is 0 Å². The van der Waals surface area contributed by atoms with Gasteiger partial charge in [-0.05, 0) is 42.8 Å². The highest BCUT2D eigenvalue weighted by Crippen LogP contribution is 2.21. The molecule has 4 nitrogen and oxygen atoms in total. The van der Waals surface area contributed by atoms with Gasteiger partial charge in [0.15, 0.2) is 18.2 Å². The van der Waals surface area contributed by atoms with Crippen molar-refractivity contribution in [2.45, 2.75) is 24.3 Å². The van der Waals surface area contributed by atoms with Crippen molar-refractivity contribution in [1.82, 2.24) is 5.32 Å². The Bertz CT molecular complexity index is 819. The molecule has 0 aliphatic rings. The van der Waals surface area contributed by atoms with Gasteiger partial charge in [-0.15, -0.1) is 11.8 Å². The number of thioether (sulfide) groups is 1. The van der Waals surface area contributed by atoms with Gasteiger partial charge in [-0.2, -0.15) is 0 Å². The number of halogens is 3. The molecule has 2 aromatic carbocycles. The van der Waals surface area contributed by atoms with E-state index in [1.807, 2.05) is 6.07 Å². The van der Waals surface area contributed by atoms with Crippen molar-refractivity contribution in [2.75, 3.05) is 12.4 Å². The van der Waals surface area contributed by atoms with Crippen LogP contribution in [0.4, 0.5) is 8.78 Å². The molecule has 0 radical (unpaired) electrons. The maximum absolute atomic E-state index is 13.1. The van der Waals surface area contributed by atoms with E-state index in [1.165, 1.54) is 17.8 Å². The van der Waals surface area contributed by atoms with Gasteiger partial charge in [0.25, 0.3) is 5.91 Å². The number of ether oxygens (including phenoxy) is 1. The lowest BCUT2D eigenvalue weighted by molar-refractivity contribution is -0.148. The SMILES string of the molecule is C[C@H](NC(=O)COC(=O)CCSc1ccc(F)c(F)c1)c1cccc(Cl)c1. The summed E-state index contributed by atoms with van der Waals surface area (Å²) >= 11 is 7.11. The summed E-state index contributed by atoms with van der Waals surface area (Å²) in [5.41, 5.74) is 0.838. The first kappa shape index (κ1) is 21.2. The first-order chi connectivity index (χ1) is 12.8. The van der Waals surface area contributed by atoms with Crippen molar-refractivity contribution in [3.63, 3.8) is 0 Å². The number of amides is 1. The lowest BCUT2D eigenvalue weighted by atomic mass is 10.1. The molecule has 0 saturated heterocycles. The van der Waals surface area contributed by atoms with Crippen molar-refractivity contribution in [1.29, 1.82) is 0 Å². The van der Waals surface area contributed by atoms with Gasteiger partial charge in [0.1, 0.15) is 0 Å². The fraction of sp³-hybridized carbons (Fsp3) is 0.263. The third kappa shape index (κ3) is 7.19. The van der Waals surface area contributed by atoms with Crippen LogP contribution in [0.5, 0.6) is 0 Å². The summed E-state index contributed by atoms with van der Waals surface area (Å²) in [7, 11) is 0. The smallest absolute Gasteiger partial charge is 0.307 e. The van der Waals surface area contributed by atoms with E-state index in [-0.39, 0.29) is 19.1 Å². The molecule has 2 aromatic rings. The van der Waals surface area contributed by atoms with Crippen LogP contribution in [-0.4, -0.2) is 24.2 Å². The predicted octanol–water partition coefficient (Wildman–Crippen LogP) is 4.52. The van der Waals surface area contributed by atoms with Crippen LogP contribution in [0.2, 0.25) is 5.02 Å². The molecule has 0 bridgehead atoms. The second-order valence-corrected chi connectivity index (χ2v) is 7.28. The van der Waals surface area contributed by atoms with Crippen LogP contribution in [0.1, 0.15) is 24.9 Å². The Balaban J connectivity index is 1.68. The highest BCUT2D eigenvalue weighted by molar-refractivity contribution is 7.99. The first-order valence-corrected chi connectivity index (χ1v) is 9.50. The number of esters is 1. The summed E-state index contributed by atoms with van der Waals surface area (Å²) < 4.78 is 30.9. The Kier molecular flexibility index (Phi) is 8.06. The van der Waals surface area contributed by atoms with E-state index in [2.05, 4.69) is 5.32 Å². The van der Waals surface area contributed by atoms with E-state index in [4.69, 9.17) is 16.3 Å². The molecule has 2 rings (SSSR count). The number of hydrogen-bond donors (Lipinski definition) is 1. The van der Waals surface area contributed by atoms with Crippen molar-refractivity contribution >= 4 is 35.2 Å². The molecule has 144 valence electrons. The number of benzene rings is 2. The second kappa shape index (κ2) is 10.3. The number of rotatable bonds is 8. The standard InChI is InChI=1S/C19H18ClF2NO3S/c1-12(13-3-2-4-14(20)9-13)23-18(24)11-26-19(25)7-8-27-15-5-6-16(21)17(22)10-15/h2-6,9-10,12H,7-8,11H2,1H3,(H,23,24)/t12-/m0/s1. The largest absolute Gasteiger partial charge is 0.456 e. The van der Waals surface area contributed by atoms with Gasteiger partial charge >= 0.3 is 5.97 Å². The normalized spacial score (nSPS) is 11.7. The minimum Gasteiger partial charge on any atom is -0.456 e. The van der Waals surface area contributed by atoms with Crippen LogP contribution in [0, 0.1) is 11.6 Å². The van der Waals surface area contributed by atoms with Crippen LogP contribution >= 0.6 is 23.4 Å². The van der Waals surface area contributed by atoms with E-state index in [9.17, 15) is 18.4 Å². The zero-order valence-electron chi connectivity index (χ0n) is 14.5. The van der Waals surface area contributed by atoms with Gasteiger partial charge in [-0.3, -0.25) is 9.59 Å². The molecule has 0 fully saturated rings. The molecule has 0 heterocycles. The first-order valence-electron chi connectivity index (χ1n) is 8.13. The number of hydrogen-bond acceptors (Lipinski definition) is 4. The van der Waals surface area contributed by atoms with E-state index in [0.717, 1.165) is 17.7 Å². The lowest BCUT2D eigenvalue weighted by Crippen LogP contribution is -2.31. The number of nitrogens with one attached hydrogen (secondary N) is 1. The van der Waals surface area contributed by atoms with Gasteiger partial charge in [-0.25, -0.2) is 8.78 Å². The van der Waals surface area contributed by atoms with E-state index >= 15 is 0 Å². The Morgan fingerprint density at radius 1 is 1.19 bits per heavy atom. The van der Waals surface area contributed by atoms with Crippen molar-refractivity contribution in [2.24, 2.45) is 0 Å². The van der Waals surface area contributed by atoms with Crippen LogP contribution < -0.4 is 5.32 Å². The summed E-state index contributed by atoms with van der Waals surface area (Å²) in [4.78, 5) is 24.1. The molecule has 1 amide bonds. The molecule has 0 spiro atoms. The molecule has 0 aliphatic heterocycles. The van der Waals surface area contributed by atoms with E-state index in [1.54, 1.807) is 25.1 Å². The maximum Gasteiger partial charge on any atom is 0.307 e. The summed E-state index contributed by atoms with van der Waals surface area (Å²) in [5, 5.41) is 3.28. The predicted molar refractivity (Wildman–Crippen MR) is 101 cm³/mol. The van der Waals surface area contributed by atoms with Gasteiger partial charge in [-0.1, -0.05) is 23.7 Å². The van der Waals surface area contributed by atoms with Gasteiger partial charge in [0.2, 0.25) is 0 Å². The van der Waals surface area contributed by atoms with Crippen LogP contribution in [0.3, 0.4) is 0 Å².